The molecule has 1 aromatic rings. The minimum absolute atomic E-state index is 0.00366. The Morgan fingerprint density at radius 3 is 2.86 bits per heavy atom. The summed E-state index contributed by atoms with van der Waals surface area (Å²) in [5.74, 6) is 0. The van der Waals surface area contributed by atoms with Gasteiger partial charge >= 0.3 is 0 Å². The maximum atomic E-state index is 10.0. The van der Waals surface area contributed by atoms with Gasteiger partial charge in [-0.05, 0) is 32.3 Å². The fraction of sp³-hybridized carbons (Fsp3) is 0.647. The van der Waals surface area contributed by atoms with Crippen LogP contribution in [0.3, 0.4) is 0 Å². The van der Waals surface area contributed by atoms with Gasteiger partial charge in [0.1, 0.15) is 0 Å². The van der Waals surface area contributed by atoms with Crippen LogP contribution in [0.4, 0.5) is 0 Å². The third-order valence-corrected chi connectivity index (χ3v) is 3.93. The molecule has 2 N–H and O–H groups in total. The van der Waals surface area contributed by atoms with Gasteiger partial charge in [-0.15, -0.1) is 0 Å². The molecule has 0 aliphatic carbocycles. The molecule has 0 amide bonds. The Morgan fingerprint density at radius 2 is 2.14 bits per heavy atom. The maximum Gasteiger partial charge on any atom is 0.0898 e. The second-order valence-corrected chi connectivity index (χ2v) is 5.85. The van der Waals surface area contributed by atoms with Gasteiger partial charge in [0, 0.05) is 19.2 Å². The van der Waals surface area contributed by atoms with E-state index in [2.05, 4.69) is 12.2 Å². The van der Waals surface area contributed by atoms with E-state index in [0.717, 1.165) is 25.0 Å². The first-order chi connectivity index (χ1) is 10.1. The third kappa shape index (κ3) is 5.75. The SMILES string of the molecule is CC1CC(NCC(O)COC(C)c2ccccc2)CCO1. The Balaban J connectivity index is 1.64. The Labute approximate surface area is 127 Å². The van der Waals surface area contributed by atoms with Crippen LogP contribution in [0.2, 0.25) is 0 Å². The number of nitrogens with one attached hydrogen (secondary N) is 1. The molecule has 0 bridgehead atoms. The summed E-state index contributed by atoms with van der Waals surface area (Å²) in [6.45, 7) is 5.82. The van der Waals surface area contributed by atoms with Gasteiger partial charge in [0.15, 0.2) is 0 Å². The van der Waals surface area contributed by atoms with E-state index in [9.17, 15) is 5.11 Å². The van der Waals surface area contributed by atoms with E-state index in [1.165, 1.54) is 0 Å². The molecule has 118 valence electrons. The van der Waals surface area contributed by atoms with Crippen LogP contribution in [-0.2, 0) is 9.47 Å². The smallest absolute Gasteiger partial charge is 0.0898 e. The Kier molecular flexibility index (Phi) is 6.64. The predicted molar refractivity (Wildman–Crippen MR) is 83.3 cm³/mol. The molecule has 4 heteroatoms. The minimum Gasteiger partial charge on any atom is -0.389 e. The highest BCUT2D eigenvalue weighted by atomic mass is 16.5. The van der Waals surface area contributed by atoms with Gasteiger partial charge in [-0.25, -0.2) is 0 Å². The van der Waals surface area contributed by atoms with Gasteiger partial charge in [0.2, 0.25) is 0 Å². The number of hydrogen-bond acceptors (Lipinski definition) is 4. The summed E-state index contributed by atoms with van der Waals surface area (Å²) in [7, 11) is 0. The number of benzene rings is 1. The lowest BCUT2D eigenvalue weighted by molar-refractivity contribution is -0.0110. The van der Waals surface area contributed by atoms with E-state index in [-0.39, 0.29) is 6.10 Å². The Morgan fingerprint density at radius 1 is 1.38 bits per heavy atom. The Hall–Kier alpha value is -0.940. The van der Waals surface area contributed by atoms with Crippen LogP contribution in [-0.4, -0.2) is 43.1 Å². The van der Waals surface area contributed by atoms with Crippen LogP contribution in [0.15, 0.2) is 30.3 Å². The van der Waals surface area contributed by atoms with Crippen molar-refractivity contribution in [3.63, 3.8) is 0 Å². The molecule has 4 nitrogen and oxygen atoms in total. The zero-order valence-corrected chi connectivity index (χ0v) is 13.0. The molecule has 0 aromatic heterocycles. The summed E-state index contributed by atoms with van der Waals surface area (Å²) in [5.41, 5.74) is 1.14. The lowest BCUT2D eigenvalue weighted by Crippen LogP contribution is -2.42. The monoisotopic (exact) mass is 293 g/mol. The van der Waals surface area contributed by atoms with Crippen molar-refractivity contribution in [2.24, 2.45) is 0 Å². The van der Waals surface area contributed by atoms with Gasteiger partial charge in [-0.3, -0.25) is 0 Å². The molecule has 1 aromatic carbocycles. The number of aliphatic hydroxyl groups excluding tert-OH is 1. The van der Waals surface area contributed by atoms with Crippen LogP contribution in [0, 0.1) is 0 Å². The summed E-state index contributed by atoms with van der Waals surface area (Å²) >= 11 is 0. The quantitative estimate of drug-likeness (QED) is 0.810. The second-order valence-electron chi connectivity index (χ2n) is 5.85. The molecule has 0 spiro atoms. The molecule has 0 radical (unpaired) electrons. The van der Waals surface area contributed by atoms with Gasteiger partial charge in [-0.2, -0.15) is 0 Å². The lowest BCUT2D eigenvalue weighted by atomic mass is 10.0. The van der Waals surface area contributed by atoms with Crippen LogP contribution < -0.4 is 5.32 Å². The molecule has 0 saturated carbocycles. The van der Waals surface area contributed by atoms with Crippen LogP contribution >= 0.6 is 0 Å². The summed E-state index contributed by atoms with van der Waals surface area (Å²) in [6, 6.07) is 10.5. The minimum atomic E-state index is -0.477. The molecular formula is C17H27NO3. The molecule has 2 rings (SSSR count). The van der Waals surface area contributed by atoms with Crippen LogP contribution in [0.1, 0.15) is 38.4 Å². The molecule has 4 atom stereocenters. The first-order valence-electron chi connectivity index (χ1n) is 7.84. The Bertz CT molecular complexity index is 398. The normalized spacial score (nSPS) is 25.5. The molecule has 1 aliphatic rings. The topological polar surface area (TPSA) is 50.7 Å². The standard InChI is InChI=1S/C17H27NO3/c1-13-10-16(8-9-20-13)18-11-17(19)12-21-14(2)15-6-4-3-5-7-15/h3-7,13-14,16-19H,8-12H2,1-2H3. The number of hydrogen-bond donors (Lipinski definition) is 2. The average Bonchev–Trinajstić information content (AvgIpc) is 2.51. The van der Waals surface area contributed by atoms with E-state index >= 15 is 0 Å². The van der Waals surface area contributed by atoms with Gasteiger partial charge in [0.05, 0.1) is 24.9 Å². The van der Waals surface area contributed by atoms with Crippen molar-refractivity contribution in [3.05, 3.63) is 35.9 Å². The van der Waals surface area contributed by atoms with Gasteiger partial charge < -0.3 is 19.9 Å². The summed E-state index contributed by atoms with van der Waals surface area (Å²) in [4.78, 5) is 0. The van der Waals surface area contributed by atoms with Gasteiger partial charge in [-0.1, -0.05) is 30.3 Å². The van der Waals surface area contributed by atoms with Crippen molar-refractivity contribution in [3.8, 4) is 0 Å². The van der Waals surface area contributed by atoms with Crippen molar-refractivity contribution in [2.45, 2.75) is 51.0 Å². The molecule has 1 saturated heterocycles. The molecule has 1 aliphatic heterocycles. The number of rotatable bonds is 7. The summed E-state index contributed by atoms with van der Waals surface area (Å²) in [6.07, 6.45) is 1.85. The first-order valence-corrected chi connectivity index (χ1v) is 7.84. The molecule has 1 fully saturated rings. The first kappa shape index (κ1) is 16.4. The summed E-state index contributed by atoms with van der Waals surface area (Å²) < 4.78 is 11.3. The summed E-state index contributed by atoms with van der Waals surface area (Å²) in [5, 5.41) is 13.4. The third-order valence-electron chi connectivity index (χ3n) is 3.93. The van der Waals surface area contributed by atoms with Crippen LogP contribution in [0.5, 0.6) is 0 Å². The zero-order chi connectivity index (χ0) is 15.1. The second kappa shape index (κ2) is 8.49. The highest BCUT2D eigenvalue weighted by molar-refractivity contribution is 5.16. The zero-order valence-electron chi connectivity index (χ0n) is 13.0. The molecular weight excluding hydrogens is 266 g/mol. The number of aliphatic hydroxyl groups is 1. The van der Waals surface area contributed by atoms with Gasteiger partial charge in [0.25, 0.3) is 0 Å². The highest BCUT2D eigenvalue weighted by Crippen LogP contribution is 2.16. The lowest BCUT2D eigenvalue weighted by Gasteiger charge is -2.29. The molecule has 4 unspecified atom stereocenters. The van der Waals surface area contributed by atoms with E-state index < -0.39 is 6.10 Å². The fourth-order valence-corrected chi connectivity index (χ4v) is 2.62. The van der Waals surface area contributed by atoms with Crippen molar-refractivity contribution in [2.75, 3.05) is 19.8 Å². The van der Waals surface area contributed by atoms with Crippen LogP contribution in [0.25, 0.3) is 0 Å². The maximum absolute atomic E-state index is 10.0. The average molecular weight is 293 g/mol. The highest BCUT2D eigenvalue weighted by Gasteiger charge is 2.19. The molecule has 1 heterocycles. The van der Waals surface area contributed by atoms with E-state index in [1.54, 1.807) is 0 Å². The predicted octanol–water partition coefficient (Wildman–Crippen LogP) is 2.28. The van der Waals surface area contributed by atoms with E-state index in [0.29, 0.717) is 25.3 Å². The van der Waals surface area contributed by atoms with Crippen molar-refractivity contribution in [1.82, 2.24) is 5.32 Å². The van der Waals surface area contributed by atoms with E-state index in [1.807, 2.05) is 37.3 Å². The van der Waals surface area contributed by atoms with Crippen molar-refractivity contribution >= 4 is 0 Å². The van der Waals surface area contributed by atoms with Crippen molar-refractivity contribution < 1.29 is 14.6 Å². The molecule has 21 heavy (non-hydrogen) atoms. The largest absolute Gasteiger partial charge is 0.389 e. The van der Waals surface area contributed by atoms with Crippen molar-refractivity contribution in [1.29, 1.82) is 0 Å². The number of ether oxygens (including phenoxy) is 2. The van der Waals surface area contributed by atoms with E-state index in [4.69, 9.17) is 9.47 Å². The fourth-order valence-electron chi connectivity index (χ4n) is 2.62.